The van der Waals surface area contributed by atoms with E-state index in [2.05, 4.69) is 18.9 Å². The Morgan fingerprint density at radius 2 is 1.86 bits per heavy atom. The summed E-state index contributed by atoms with van der Waals surface area (Å²) in [5, 5.41) is 5.05. The largest absolute Gasteiger partial charge is 0.497 e. The first kappa shape index (κ1) is 14.9. The van der Waals surface area contributed by atoms with Gasteiger partial charge in [0.25, 0.3) is 0 Å². The van der Waals surface area contributed by atoms with Gasteiger partial charge in [0.1, 0.15) is 10.9 Å². The molecule has 0 radical (unpaired) electrons. The molecule has 3 rings (SSSR count). The molecule has 0 bridgehead atoms. The topological polar surface area (TPSA) is 39.4 Å². The third-order valence-electron chi connectivity index (χ3n) is 3.79. The molecule has 4 nitrogen and oxygen atoms in total. The number of aryl methyl sites for hydroxylation is 1. The van der Waals surface area contributed by atoms with E-state index in [-0.39, 0.29) is 0 Å². The van der Waals surface area contributed by atoms with E-state index in [1.165, 1.54) is 0 Å². The molecule has 0 atom stereocenters. The van der Waals surface area contributed by atoms with Crippen LogP contribution in [0.4, 0.5) is 0 Å². The van der Waals surface area contributed by atoms with Gasteiger partial charge in [-0.05, 0) is 30.5 Å². The van der Waals surface area contributed by atoms with Crippen LogP contribution in [0.5, 0.6) is 5.75 Å². The molecule has 0 aliphatic carbocycles. The van der Waals surface area contributed by atoms with Gasteiger partial charge in [0.2, 0.25) is 0 Å². The maximum Gasteiger partial charge on any atom is 0.164 e. The van der Waals surface area contributed by atoms with E-state index in [4.69, 9.17) is 21.3 Å². The number of hydrogen-bond donors (Lipinski definition) is 0. The molecule has 1 aromatic carbocycles. The number of benzene rings is 1. The molecule has 5 heteroatoms. The van der Waals surface area contributed by atoms with Crippen LogP contribution in [0.3, 0.4) is 0 Å². The van der Waals surface area contributed by atoms with Crippen molar-refractivity contribution in [2.45, 2.75) is 26.7 Å². The van der Waals surface area contributed by atoms with E-state index >= 15 is 0 Å². The lowest BCUT2D eigenvalue weighted by atomic mass is 10.0. The molecule has 22 heavy (non-hydrogen) atoms. The second-order valence-corrected chi connectivity index (χ2v) is 5.94. The van der Waals surface area contributed by atoms with Gasteiger partial charge in [-0.1, -0.05) is 37.6 Å². The summed E-state index contributed by atoms with van der Waals surface area (Å²) < 4.78 is 6.91. The molecule has 2 heterocycles. The van der Waals surface area contributed by atoms with E-state index in [0.29, 0.717) is 11.1 Å². The van der Waals surface area contributed by atoms with Gasteiger partial charge in [-0.2, -0.15) is 5.10 Å². The molecule has 114 valence electrons. The summed E-state index contributed by atoms with van der Waals surface area (Å²) in [6, 6.07) is 7.85. The van der Waals surface area contributed by atoms with Gasteiger partial charge in [-0.15, -0.1) is 0 Å². The van der Waals surface area contributed by atoms with Crippen molar-refractivity contribution < 1.29 is 4.74 Å². The number of nitrogens with zero attached hydrogens (tertiary/aromatic N) is 3. The predicted octanol–water partition coefficient (Wildman–Crippen LogP) is 4.49. The third-order valence-corrected chi connectivity index (χ3v) is 4.16. The minimum Gasteiger partial charge on any atom is -0.497 e. The number of hydrogen-bond acceptors (Lipinski definition) is 3. The minimum absolute atomic E-state index is 0.304. The molecule has 0 aliphatic heterocycles. The summed E-state index contributed by atoms with van der Waals surface area (Å²) in [5.74, 6) is 1.13. The molecular weight excluding hydrogens is 298 g/mol. The molecule has 0 saturated carbocycles. The van der Waals surface area contributed by atoms with Crippen molar-refractivity contribution in [3.8, 4) is 16.9 Å². The van der Waals surface area contributed by atoms with Crippen LogP contribution in [0.15, 0.2) is 30.5 Å². The molecule has 0 unspecified atom stereocenters. The Morgan fingerprint density at radius 1 is 1.18 bits per heavy atom. The van der Waals surface area contributed by atoms with Gasteiger partial charge in [-0.25, -0.2) is 9.50 Å². The highest BCUT2D eigenvalue weighted by atomic mass is 35.5. The van der Waals surface area contributed by atoms with Crippen molar-refractivity contribution in [1.82, 2.24) is 14.6 Å². The summed E-state index contributed by atoms with van der Waals surface area (Å²) >= 11 is 6.53. The van der Waals surface area contributed by atoms with Gasteiger partial charge in [0.05, 0.1) is 13.3 Å². The summed E-state index contributed by atoms with van der Waals surface area (Å²) in [7, 11) is 1.66. The number of methoxy groups -OCH3 is 1. The SMILES string of the molecule is COc1ccc(-c2cnn3c(Cl)c(C(C)C)c(C)nc23)cc1. The number of ether oxygens (including phenoxy) is 1. The third kappa shape index (κ3) is 2.33. The summed E-state index contributed by atoms with van der Waals surface area (Å²) in [6.45, 7) is 6.21. The first-order valence-electron chi connectivity index (χ1n) is 7.21. The van der Waals surface area contributed by atoms with Crippen LogP contribution in [0.1, 0.15) is 31.0 Å². The Bertz CT molecular complexity index is 822. The van der Waals surface area contributed by atoms with E-state index < -0.39 is 0 Å². The fourth-order valence-electron chi connectivity index (χ4n) is 2.71. The zero-order valence-electron chi connectivity index (χ0n) is 13.1. The van der Waals surface area contributed by atoms with Crippen LogP contribution in [-0.2, 0) is 0 Å². The van der Waals surface area contributed by atoms with E-state index in [1.54, 1.807) is 17.8 Å². The molecular formula is C17H18ClN3O. The van der Waals surface area contributed by atoms with Crippen LogP contribution < -0.4 is 4.74 Å². The Kier molecular flexibility index (Phi) is 3.79. The summed E-state index contributed by atoms with van der Waals surface area (Å²) in [5.41, 5.74) is 4.76. The summed E-state index contributed by atoms with van der Waals surface area (Å²) in [4.78, 5) is 4.72. The number of aromatic nitrogens is 3. The summed E-state index contributed by atoms with van der Waals surface area (Å²) in [6.07, 6.45) is 1.81. The highest BCUT2D eigenvalue weighted by molar-refractivity contribution is 6.30. The van der Waals surface area contributed by atoms with Crippen LogP contribution in [-0.4, -0.2) is 21.7 Å². The smallest absolute Gasteiger partial charge is 0.164 e. The standard InChI is InChI=1S/C17H18ClN3O/c1-10(2)15-11(3)20-17-14(9-19-21(17)16(15)18)12-5-7-13(22-4)8-6-12/h5-10H,1-4H3. The van der Waals surface area contributed by atoms with Crippen LogP contribution >= 0.6 is 11.6 Å². The van der Waals surface area contributed by atoms with Gasteiger partial charge in [-0.3, -0.25) is 0 Å². The second-order valence-electron chi connectivity index (χ2n) is 5.58. The van der Waals surface area contributed by atoms with E-state index in [0.717, 1.165) is 33.8 Å². The Labute approximate surface area is 134 Å². The van der Waals surface area contributed by atoms with Crippen LogP contribution in [0.25, 0.3) is 16.8 Å². The highest BCUT2D eigenvalue weighted by Gasteiger charge is 2.17. The van der Waals surface area contributed by atoms with Gasteiger partial charge in [0.15, 0.2) is 5.65 Å². The number of rotatable bonds is 3. The second kappa shape index (κ2) is 5.61. The molecule has 0 fully saturated rings. The van der Waals surface area contributed by atoms with Crippen molar-refractivity contribution in [2.24, 2.45) is 0 Å². The average Bonchev–Trinajstić information content (AvgIpc) is 2.91. The fourth-order valence-corrected chi connectivity index (χ4v) is 3.18. The van der Waals surface area contributed by atoms with Crippen molar-refractivity contribution >= 4 is 17.2 Å². The lowest BCUT2D eigenvalue weighted by Gasteiger charge is -2.12. The van der Waals surface area contributed by atoms with Crippen molar-refractivity contribution in [3.63, 3.8) is 0 Å². The molecule has 0 saturated heterocycles. The lowest BCUT2D eigenvalue weighted by molar-refractivity contribution is 0.415. The molecule has 3 aromatic rings. The number of halogens is 1. The first-order valence-corrected chi connectivity index (χ1v) is 7.59. The fraction of sp³-hybridized carbons (Fsp3) is 0.294. The molecule has 0 spiro atoms. The Hall–Kier alpha value is -2.07. The zero-order valence-corrected chi connectivity index (χ0v) is 13.8. The van der Waals surface area contributed by atoms with Crippen molar-refractivity contribution in [3.05, 3.63) is 46.9 Å². The Morgan fingerprint density at radius 3 is 2.45 bits per heavy atom. The zero-order chi connectivity index (χ0) is 15.9. The monoisotopic (exact) mass is 315 g/mol. The first-order chi connectivity index (χ1) is 10.5. The van der Waals surface area contributed by atoms with E-state index in [1.807, 2.05) is 31.2 Å². The average molecular weight is 316 g/mol. The quantitative estimate of drug-likeness (QED) is 0.668. The highest BCUT2D eigenvalue weighted by Crippen LogP contribution is 2.31. The van der Waals surface area contributed by atoms with E-state index in [9.17, 15) is 0 Å². The molecule has 0 amide bonds. The van der Waals surface area contributed by atoms with Gasteiger partial charge < -0.3 is 4.74 Å². The number of fused-ring (bicyclic) bond motifs is 1. The van der Waals surface area contributed by atoms with Crippen LogP contribution in [0.2, 0.25) is 5.15 Å². The van der Waals surface area contributed by atoms with Gasteiger partial charge >= 0.3 is 0 Å². The Balaban J connectivity index is 2.20. The normalized spacial score (nSPS) is 11.4. The maximum atomic E-state index is 6.53. The van der Waals surface area contributed by atoms with Gasteiger partial charge in [0, 0.05) is 16.8 Å². The molecule has 2 aromatic heterocycles. The lowest BCUT2D eigenvalue weighted by Crippen LogP contribution is -2.04. The minimum atomic E-state index is 0.304. The van der Waals surface area contributed by atoms with Crippen LogP contribution in [0, 0.1) is 6.92 Å². The molecule has 0 aliphatic rings. The van der Waals surface area contributed by atoms with Crippen molar-refractivity contribution in [2.75, 3.05) is 7.11 Å². The van der Waals surface area contributed by atoms with Crippen molar-refractivity contribution in [1.29, 1.82) is 0 Å². The predicted molar refractivity (Wildman–Crippen MR) is 88.8 cm³/mol. The maximum absolute atomic E-state index is 6.53. The molecule has 0 N–H and O–H groups in total.